The van der Waals surface area contributed by atoms with Crippen LogP contribution in [0.25, 0.3) is 16.7 Å². The second-order valence-electron chi connectivity index (χ2n) is 7.69. The number of carbonyl (C=O) groups is 1. The second kappa shape index (κ2) is 6.31. The predicted octanol–water partition coefficient (Wildman–Crippen LogP) is 3.47. The summed E-state index contributed by atoms with van der Waals surface area (Å²) >= 11 is 0. The fraction of sp³-hybridized carbons (Fsp3) is 0.381. The summed E-state index contributed by atoms with van der Waals surface area (Å²) in [6, 6.07) is 13.1. The number of para-hydroxylation sites is 1. The minimum atomic E-state index is -0.994. The van der Waals surface area contributed by atoms with Crippen molar-refractivity contribution in [2.45, 2.75) is 43.9 Å². The minimum absolute atomic E-state index is 0.185. The van der Waals surface area contributed by atoms with Crippen LogP contribution in [0.2, 0.25) is 0 Å². The van der Waals surface area contributed by atoms with Gasteiger partial charge < -0.3 is 9.84 Å². The van der Waals surface area contributed by atoms with Gasteiger partial charge in [0, 0.05) is 18.9 Å². The van der Waals surface area contributed by atoms with Crippen LogP contribution in [0.5, 0.6) is 5.75 Å². The van der Waals surface area contributed by atoms with Crippen LogP contribution in [-0.4, -0.2) is 49.8 Å². The first-order chi connectivity index (χ1) is 13.6. The Labute approximate surface area is 162 Å². The zero-order chi connectivity index (χ0) is 19.3. The standard InChI is InChI=1S/C21H22N4O3/c1-24-14-6-5-12-21(24,13-11-14)28-18-10-4-9-17-19(18)22-23-25(17)16-8-3-2-7-15(16)20(26)27/h2-4,7-10,14H,5-6,11-13H2,1H3,(H,26,27). The number of piperidine rings is 1. The number of hydrogen-bond donors (Lipinski definition) is 1. The second-order valence-corrected chi connectivity index (χ2v) is 7.69. The van der Waals surface area contributed by atoms with Gasteiger partial charge in [-0.15, -0.1) is 5.10 Å². The van der Waals surface area contributed by atoms with Crippen LogP contribution in [0, 0.1) is 0 Å². The van der Waals surface area contributed by atoms with Crippen LogP contribution < -0.4 is 4.74 Å². The number of hydrogen-bond acceptors (Lipinski definition) is 5. The van der Waals surface area contributed by atoms with Gasteiger partial charge in [0.25, 0.3) is 0 Å². The molecule has 1 N–H and O–H groups in total. The van der Waals surface area contributed by atoms with E-state index in [-0.39, 0.29) is 11.3 Å². The zero-order valence-electron chi connectivity index (χ0n) is 15.7. The Morgan fingerprint density at radius 2 is 2.04 bits per heavy atom. The first kappa shape index (κ1) is 17.2. The van der Waals surface area contributed by atoms with Crippen LogP contribution in [0.15, 0.2) is 42.5 Å². The molecule has 0 saturated carbocycles. The summed E-state index contributed by atoms with van der Waals surface area (Å²) in [6.45, 7) is 0. The molecule has 2 aliphatic rings. The summed E-state index contributed by atoms with van der Waals surface area (Å²) in [5.74, 6) is -0.294. The molecule has 3 heterocycles. The molecule has 0 aliphatic carbocycles. The van der Waals surface area contributed by atoms with E-state index in [1.54, 1.807) is 28.9 Å². The van der Waals surface area contributed by atoms with Crippen LogP contribution in [0.4, 0.5) is 0 Å². The highest BCUT2D eigenvalue weighted by Gasteiger charge is 2.49. The highest BCUT2D eigenvalue weighted by molar-refractivity contribution is 5.93. The highest BCUT2D eigenvalue weighted by atomic mass is 16.5. The molecule has 7 heteroatoms. The van der Waals surface area contributed by atoms with Crippen LogP contribution >= 0.6 is 0 Å². The topological polar surface area (TPSA) is 80.5 Å². The molecule has 144 valence electrons. The molecule has 0 amide bonds. The smallest absolute Gasteiger partial charge is 0.337 e. The van der Waals surface area contributed by atoms with Gasteiger partial charge in [0.2, 0.25) is 0 Å². The van der Waals surface area contributed by atoms with Gasteiger partial charge in [0.1, 0.15) is 0 Å². The van der Waals surface area contributed by atoms with Crippen molar-refractivity contribution < 1.29 is 14.6 Å². The summed E-state index contributed by atoms with van der Waals surface area (Å²) < 4.78 is 8.15. The third-order valence-electron chi connectivity index (χ3n) is 6.27. The molecule has 0 radical (unpaired) electrons. The predicted molar refractivity (Wildman–Crippen MR) is 104 cm³/mol. The van der Waals surface area contributed by atoms with E-state index >= 15 is 0 Å². The fourth-order valence-corrected chi connectivity index (χ4v) is 4.75. The van der Waals surface area contributed by atoms with Gasteiger partial charge in [-0.05, 0) is 50.6 Å². The van der Waals surface area contributed by atoms with Crippen molar-refractivity contribution in [3.63, 3.8) is 0 Å². The van der Waals surface area contributed by atoms with E-state index in [1.165, 1.54) is 12.8 Å². The molecule has 2 atom stereocenters. The number of ether oxygens (including phenoxy) is 1. The van der Waals surface area contributed by atoms with Gasteiger partial charge in [-0.25, -0.2) is 9.48 Å². The first-order valence-electron chi connectivity index (χ1n) is 9.68. The molecular weight excluding hydrogens is 356 g/mol. The third-order valence-corrected chi connectivity index (χ3v) is 6.27. The highest BCUT2D eigenvalue weighted by Crippen LogP contribution is 2.44. The molecule has 7 nitrogen and oxygen atoms in total. The van der Waals surface area contributed by atoms with Crippen molar-refractivity contribution in [2.24, 2.45) is 0 Å². The monoisotopic (exact) mass is 378 g/mol. The number of fused-ring (bicyclic) bond motifs is 3. The quantitative estimate of drug-likeness (QED) is 0.749. The van der Waals surface area contributed by atoms with Gasteiger partial charge in [0.05, 0.1) is 16.8 Å². The number of carboxylic acids is 1. The summed E-state index contributed by atoms with van der Waals surface area (Å²) in [5.41, 5.74) is 1.78. The lowest BCUT2D eigenvalue weighted by Gasteiger charge is -2.42. The van der Waals surface area contributed by atoms with E-state index in [2.05, 4.69) is 22.3 Å². The molecule has 28 heavy (non-hydrogen) atoms. The Morgan fingerprint density at radius 3 is 2.89 bits per heavy atom. The zero-order valence-corrected chi connectivity index (χ0v) is 15.7. The Morgan fingerprint density at radius 1 is 1.18 bits per heavy atom. The summed E-state index contributed by atoms with van der Waals surface area (Å²) in [7, 11) is 2.15. The number of carboxylic acid groups (broad SMARTS) is 1. The van der Waals surface area contributed by atoms with Gasteiger partial charge in [-0.2, -0.15) is 0 Å². The van der Waals surface area contributed by atoms with Crippen LogP contribution in [-0.2, 0) is 0 Å². The molecule has 2 fully saturated rings. The SMILES string of the molecule is CN1C2CCCC1(Oc1cccc3c1nnn3-c1ccccc1C(=O)O)CC2. The van der Waals surface area contributed by atoms with E-state index in [1.807, 2.05) is 18.2 Å². The van der Waals surface area contributed by atoms with E-state index < -0.39 is 5.97 Å². The Kier molecular flexibility index (Phi) is 3.87. The van der Waals surface area contributed by atoms with Gasteiger partial charge in [0.15, 0.2) is 17.0 Å². The maximum Gasteiger partial charge on any atom is 0.337 e. The molecule has 5 rings (SSSR count). The molecule has 2 unspecified atom stereocenters. The normalized spacial score (nSPS) is 24.5. The van der Waals surface area contributed by atoms with Crippen LogP contribution in [0.1, 0.15) is 42.5 Å². The molecule has 2 aliphatic heterocycles. The maximum atomic E-state index is 11.6. The van der Waals surface area contributed by atoms with Crippen molar-refractivity contribution in [3.8, 4) is 11.4 Å². The molecule has 2 aromatic carbocycles. The number of nitrogens with zero attached hydrogens (tertiary/aromatic N) is 4. The van der Waals surface area contributed by atoms with E-state index in [0.717, 1.165) is 24.8 Å². The summed E-state index contributed by atoms with van der Waals surface area (Å²) in [4.78, 5) is 14.0. The first-order valence-corrected chi connectivity index (χ1v) is 9.68. The largest absolute Gasteiger partial charge is 0.478 e. The van der Waals surface area contributed by atoms with Gasteiger partial charge in [-0.3, -0.25) is 4.90 Å². The average molecular weight is 378 g/mol. The molecule has 3 aromatic rings. The summed E-state index contributed by atoms with van der Waals surface area (Å²) in [6.07, 6.45) is 5.58. The molecule has 2 bridgehead atoms. The third kappa shape index (κ3) is 2.50. The van der Waals surface area contributed by atoms with Crippen molar-refractivity contribution in [2.75, 3.05) is 7.05 Å². The van der Waals surface area contributed by atoms with E-state index in [9.17, 15) is 9.90 Å². The van der Waals surface area contributed by atoms with E-state index in [4.69, 9.17) is 4.74 Å². The summed E-state index contributed by atoms with van der Waals surface area (Å²) in [5, 5.41) is 18.1. The Bertz CT molecular complexity index is 1060. The van der Waals surface area contributed by atoms with Gasteiger partial charge >= 0.3 is 5.97 Å². The minimum Gasteiger partial charge on any atom is -0.478 e. The number of rotatable bonds is 4. The number of aromatic carboxylic acids is 1. The van der Waals surface area contributed by atoms with Crippen molar-refractivity contribution in [1.82, 2.24) is 19.9 Å². The van der Waals surface area contributed by atoms with Gasteiger partial charge in [-0.1, -0.05) is 23.4 Å². The lowest BCUT2D eigenvalue weighted by molar-refractivity contribution is -0.0814. The maximum absolute atomic E-state index is 11.6. The Hall–Kier alpha value is -2.93. The fourth-order valence-electron chi connectivity index (χ4n) is 4.75. The number of benzene rings is 2. The van der Waals surface area contributed by atoms with Crippen LogP contribution in [0.3, 0.4) is 0 Å². The Balaban J connectivity index is 1.58. The van der Waals surface area contributed by atoms with Crippen molar-refractivity contribution in [3.05, 3.63) is 48.0 Å². The molecule has 0 spiro atoms. The average Bonchev–Trinajstić information content (AvgIpc) is 3.18. The van der Waals surface area contributed by atoms with Crippen molar-refractivity contribution in [1.29, 1.82) is 0 Å². The van der Waals surface area contributed by atoms with Crippen molar-refractivity contribution >= 4 is 17.0 Å². The lowest BCUT2D eigenvalue weighted by Crippen LogP contribution is -2.51. The molecule has 2 saturated heterocycles. The molecular formula is C21H22N4O3. The van der Waals surface area contributed by atoms with E-state index in [0.29, 0.717) is 23.0 Å². The lowest BCUT2D eigenvalue weighted by atomic mass is 10.0. The number of aromatic nitrogens is 3. The molecule has 1 aromatic heterocycles.